The molecule has 0 radical (unpaired) electrons. The second-order valence-electron chi connectivity index (χ2n) is 4.72. The van der Waals surface area contributed by atoms with Gasteiger partial charge in [0.15, 0.2) is 0 Å². The summed E-state index contributed by atoms with van der Waals surface area (Å²) in [6.45, 7) is 0. The highest BCUT2D eigenvalue weighted by molar-refractivity contribution is 9.10. The molecule has 3 N–H and O–H groups in total. The largest absolute Gasteiger partial charge is 0.391 e. The summed E-state index contributed by atoms with van der Waals surface area (Å²) in [4.78, 5) is 2.07. The van der Waals surface area contributed by atoms with Crippen LogP contribution in [-0.2, 0) is 10.0 Å². The van der Waals surface area contributed by atoms with Crippen molar-refractivity contribution < 1.29 is 13.5 Å². The van der Waals surface area contributed by atoms with Crippen molar-refractivity contribution in [3.05, 3.63) is 53.0 Å². The molecular formula is C15H16BrNO3S3. The number of aliphatic hydroxyl groups is 1. The van der Waals surface area contributed by atoms with Gasteiger partial charge in [0.25, 0.3) is 0 Å². The molecule has 2 aromatic rings. The third-order valence-electron chi connectivity index (χ3n) is 2.86. The van der Waals surface area contributed by atoms with Crippen molar-refractivity contribution in [3.63, 3.8) is 0 Å². The van der Waals surface area contributed by atoms with Gasteiger partial charge in [-0.25, -0.2) is 13.6 Å². The average molecular weight is 434 g/mol. The maximum atomic E-state index is 11.2. The Morgan fingerprint density at radius 1 is 1.04 bits per heavy atom. The van der Waals surface area contributed by atoms with E-state index in [-0.39, 0.29) is 4.90 Å². The van der Waals surface area contributed by atoms with Crippen LogP contribution in [0.25, 0.3) is 0 Å². The molecule has 0 aromatic heterocycles. The van der Waals surface area contributed by atoms with Gasteiger partial charge in [-0.05, 0) is 52.3 Å². The van der Waals surface area contributed by atoms with Gasteiger partial charge in [0, 0.05) is 25.8 Å². The van der Waals surface area contributed by atoms with Crippen LogP contribution in [-0.4, -0.2) is 31.1 Å². The first-order valence-electron chi connectivity index (χ1n) is 6.67. The number of halogens is 1. The van der Waals surface area contributed by atoms with Crippen molar-refractivity contribution in [2.24, 2.45) is 5.14 Å². The fourth-order valence-corrected chi connectivity index (χ4v) is 4.71. The summed E-state index contributed by atoms with van der Waals surface area (Å²) in [5, 5.41) is 15.1. The summed E-state index contributed by atoms with van der Waals surface area (Å²) >= 11 is 6.54. The van der Waals surface area contributed by atoms with Gasteiger partial charge in [-0.3, -0.25) is 0 Å². The Balaban J connectivity index is 1.82. The van der Waals surface area contributed by atoms with Gasteiger partial charge in [0.2, 0.25) is 10.0 Å². The Labute approximate surface area is 153 Å². The summed E-state index contributed by atoms with van der Waals surface area (Å²) in [6.07, 6.45) is -0.463. The molecule has 0 amide bonds. The predicted molar refractivity (Wildman–Crippen MR) is 99.4 cm³/mol. The number of hydrogen-bond acceptors (Lipinski definition) is 5. The van der Waals surface area contributed by atoms with Gasteiger partial charge in [-0.15, -0.1) is 23.5 Å². The molecule has 0 aliphatic rings. The van der Waals surface area contributed by atoms with Gasteiger partial charge in [0.1, 0.15) is 0 Å². The Bertz CT molecular complexity index is 751. The number of sulfonamides is 1. The lowest BCUT2D eigenvalue weighted by molar-refractivity contribution is 0.225. The van der Waals surface area contributed by atoms with E-state index in [2.05, 4.69) is 15.9 Å². The topological polar surface area (TPSA) is 80.4 Å². The molecule has 0 aliphatic carbocycles. The van der Waals surface area contributed by atoms with Crippen molar-refractivity contribution in [1.82, 2.24) is 0 Å². The van der Waals surface area contributed by atoms with E-state index in [0.29, 0.717) is 11.5 Å². The molecule has 0 heterocycles. The average Bonchev–Trinajstić information content (AvgIpc) is 2.51. The molecule has 124 valence electrons. The molecule has 0 aliphatic heterocycles. The van der Waals surface area contributed by atoms with E-state index in [0.717, 1.165) is 14.3 Å². The maximum Gasteiger partial charge on any atom is 0.238 e. The second-order valence-corrected chi connectivity index (χ2v) is 9.29. The number of primary sulfonamides is 1. The van der Waals surface area contributed by atoms with Crippen molar-refractivity contribution in [2.75, 3.05) is 11.5 Å². The Kier molecular flexibility index (Phi) is 7.00. The highest BCUT2D eigenvalue weighted by Crippen LogP contribution is 2.28. The number of hydrogen-bond donors (Lipinski definition) is 2. The molecule has 2 aromatic carbocycles. The van der Waals surface area contributed by atoms with E-state index < -0.39 is 16.1 Å². The maximum absolute atomic E-state index is 11.2. The zero-order valence-electron chi connectivity index (χ0n) is 12.1. The summed E-state index contributed by atoms with van der Waals surface area (Å²) in [5.41, 5.74) is 0. The van der Waals surface area contributed by atoms with Crippen LogP contribution in [0.1, 0.15) is 0 Å². The number of benzene rings is 2. The molecule has 8 heteroatoms. The minimum atomic E-state index is -3.66. The molecule has 1 unspecified atom stereocenters. The molecule has 0 saturated carbocycles. The minimum Gasteiger partial charge on any atom is -0.391 e. The van der Waals surface area contributed by atoms with Crippen molar-refractivity contribution in [2.45, 2.75) is 20.8 Å². The minimum absolute atomic E-state index is 0.0897. The molecular weight excluding hydrogens is 418 g/mol. The smallest absolute Gasteiger partial charge is 0.238 e. The molecule has 23 heavy (non-hydrogen) atoms. The quantitative estimate of drug-likeness (QED) is 0.654. The second kappa shape index (κ2) is 8.55. The first kappa shape index (κ1) is 18.8. The lowest BCUT2D eigenvalue weighted by atomic mass is 10.4. The fourth-order valence-electron chi connectivity index (χ4n) is 1.71. The van der Waals surface area contributed by atoms with Crippen molar-refractivity contribution in [3.8, 4) is 0 Å². The SMILES string of the molecule is NS(=O)(=O)c1ccc(SCC(O)CSc2ccccc2Br)cc1. The van der Waals surface area contributed by atoms with Gasteiger partial charge >= 0.3 is 0 Å². The van der Waals surface area contributed by atoms with Crippen LogP contribution in [0.4, 0.5) is 0 Å². The van der Waals surface area contributed by atoms with Crippen LogP contribution < -0.4 is 5.14 Å². The van der Waals surface area contributed by atoms with Crippen LogP contribution >= 0.6 is 39.5 Å². The molecule has 0 fully saturated rings. The van der Waals surface area contributed by atoms with Crippen LogP contribution in [0.2, 0.25) is 0 Å². The molecule has 4 nitrogen and oxygen atoms in total. The summed E-state index contributed by atoms with van der Waals surface area (Å²) in [7, 11) is -3.66. The number of rotatable bonds is 7. The number of nitrogens with two attached hydrogens (primary N) is 1. The normalized spacial score (nSPS) is 13.0. The monoisotopic (exact) mass is 433 g/mol. The molecule has 0 saturated heterocycles. The summed E-state index contributed by atoms with van der Waals surface area (Å²) < 4.78 is 23.4. The van der Waals surface area contributed by atoms with Gasteiger partial charge in [-0.2, -0.15) is 0 Å². The lowest BCUT2D eigenvalue weighted by Gasteiger charge is -2.11. The third kappa shape index (κ3) is 6.13. The number of aliphatic hydroxyl groups excluding tert-OH is 1. The van der Waals surface area contributed by atoms with Crippen molar-refractivity contribution in [1.29, 1.82) is 0 Å². The summed E-state index contributed by atoms with van der Waals surface area (Å²) in [6, 6.07) is 14.2. The van der Waals surface area contributed by atoms with E-state index in [4.69, 9.17) is 5.14 Å². The third-order valence-corrected chi connectivity index (χ3v) is 7.12. The van der Waals surface area contributed by atoms with E-state index in [1.165, 1.54) is 23.9 Å². The highest BCUT2D eigenvalue weighted by atomic mass is 79.9. The standard InChI is InChI=1S/C15H16BrNO3S3/c16-14-3-1-2-4-15(14)22-10-11(18)9-21-12-5-7-13(8-6-12)23(17,19)20/h1-8,11,18H,9-10H2,(H2,17,19,20). The van der Waals surface area contributed by atoms with Gasteiger partial charge < -0.3 is 5.11 Å². The molecule has 0 spiro atoms. The van der Waals surface area contributed by atoms with E-state index in [1.54, 1.807) is 23.9 Å². The highest BCUT2D eigenvalue weighted by Gasteiger charge is 2.10. The lowest BCUT2D eigenvalue weighted by Crippen LogP contribution is -2.13. The fraction of sp³-hybridized carbons (Fsp3) is 0.200. The molecule has 1 atom stereocenters. The van der Waals surface area contributed by atoms with E-state index in [1.807, 2.05) is 24.3 Å². The zero-order valence-corrected chi connectivity index (χ0v) is 16.1. The number of thioether (sulfide) groups is 2. The van der Waals surface area contributed by atoms with Gasteiger partial charge in [0.05, 0.1) is 11.0 Å². The van der Waals surface area contributed by atoms with Crippen LogP contribution in [0.5, 0.6) is 0 Å². The van der Waals surface area contributed by atoms with Crippen LogP contribution in [0.3, 0.4) is 0 Å². The molecule has 0 bridgehead atoms. The van der Waals surface area contributed by atoms with Gasteiger partial charge in [-0.1, -0.05) is 12.1 Å². The first-order chi connectivity index (χ1) is 10.9. The molecule has 2 rings (SSSR count). The Hall–Kier alpha value is -0.510. The Morgan fingerprint density at radius 3 is 2.26 bits per heavy atom. The van der Waals surface area contributed by atoms with E-state index in [9.17, 15) is 13.5 Å². The van der Waals surface area contributed by atoms with Crippen LogP contribution in [0.15, 0.2) is 67.7 Å². The zero-order chi connectivity index (χ0) is 16.9. The predicted octanol–water partition coefficient (Wildman–Crippen LogP) is 3.34. The first-order valence-corrected chi connectivity index (χ1v) is 11.0. The van der Waals surface area contributed by atoms with Crippen molar-refractivity contribution >= 4 is 49.5 Å². The summed E-state index contributed by atoms with van der Waals surface area (Å²) in [5.74, 6) is 1.12. The Morgan fingerprint density at radius 2 is 1.65 bits per heavy atom. The van der Waals surface area contributed by atoms with Crippen LogP contribution in [0, 0.1) is 0 Å². The van der Waals surface area contributed by atoms with E-state index >= 15 is 0 Å².